The summed E-state index contributed by atoms with van der Waals surface area (Å²) < 4.78 is 1.14. The summed E-state index contributed by atoms with van der Waals surface area (Å²) in [5, 5.41) is 3.50. The first-order valence-electron chi connectivity index (χ1n) is 6.07. The molecule has 0 unspecified atom stereocenters. The summed E-state index contributed by atoms with van der Waals surface area (Å²) in [5.74, 6) is 0. The van der Waals surface area contributed by atoms with Crippen LogP contribution in [-0.2, 0) is 6.54 Å². The SMILES string of the molecule is Cc1cccnc1CN[C@H](C)c1ccccc1Br. The van der Waals surface area contributed by atoms with Crippen molar-refractivity contribution in [1.82, 2.24) is 10.3 Å². The summed E-state index contributed by atoms with van der Waals surface area (Å²) in [7, 11) is 0. The average molecular weight is 305 g/mol. The lowest BCUT2D eigenvalue weighted by Gasteiger charge is -2.16. The molecule has 0 saturated carbocycles. The Bertz CT molecular complexity index is 525. The molecular weight excluding hydrogens is 288 g/mol. The number of nitrogens with one attached hydrogen (secondary N) is 1. The van der Waals surface area contributed by atoms with Gasteiger partial charge in [0.05, 0.1) is 5.69 Å². The molecule has 0 aliphatic rings. The van der Waals surface area contributed by atoms with E-state index in [0.29, 0.717) is 6.04 Å². The number of hydrogen-bond acceptors (Lipinski definition) is 2. The second-order valence-corrected chi connectivity index (χ2v) is 5.25. The highest BCUT2D eigenvalue weighted by atomic mass is 79.9. The van der Waals surface area contributed by atoms with E-state index in [9.17, 15) is 0 Å². The Morgan fingerprint density at radius 1 is 1.22 bits per heavy atom. The number of pyridine rings is 1. The number of nitrogens with zero attached hydrogens (tertiary/aromatic N) is 1. The molecule has 1 aromatic carbocycles. The van der Waals surface area contributed by atoms with Crippen LogP contribution in [-0.4, -0.2) is 4.98 Å². The monoisotopic (exact) mass is 304 g/mol. The van der Waals surface area contributed by atoms with Gasteiger partial charge in [0.25, 0.3) is 0 Å². The highest BCUT2D eigenvalue weighted by molar-refractivity contribution is 9.10. The Morgan fingerprint density at radius 3 is 2.72 bits per heavy atom. The fraction of sp³-hybridized carbons (Fsp3) is 0.267. The van der Waals surface area contributed by atoms with Crippen molar-refractivity contribution in [2.75, 3.05) is 0 Å². The van der Waals surface area contributed by atoms with Gasteiger partial charge in [-0.25, -0.2) is 0 Å². The molecule has 0 aliphatic heterocycles. The molecule has 94 valence electrons. The van der Waals surface area contributed by atoms with Gasteiger partial charge >= 0.3 is 0 Å². The largest absolute Gasteiger partial charge is 0.305 e. The van der Waals surface area contributed by atoms with E-state index in [-0.39, 0.29) is 0 Å². The molecule has 2 rings (SSSR count). The molecule has 1 aromatic heterocycles. The van der Waals surface area contributed by atoms with E-state index in [1.165, 1.54) is 11.1 Å². The van der Waals surface area contributed by atoms with Crippen molar-refractivity contribution in [2.24, 2.45) is 0 Å². The van der Waals surface area contributed by atoms with Gasteiger partial charge in [-0.3, -0.25) is 4.98 Å². The summed E-state index contributed by atoms with van der Waals surface area (Å²) in [6.45, 7) is 5.04. The van der Waals surface area contributed by atoms with E-state index < -0.39 is 0 Å². The van der Waals surface area contributed by atoms with Crippen molar-refractivity contribution in [3.63, 3.8) is 0 Å². The molecule has 0 radical (unpaired) electrons. The smallest absolute Gasteiger partial charge is 0.0570 e. The molecule has 2 nitrogen and oxygen atoms in total. The Morgan fingerprint density at radius 2 is 2.00 bits per heavy atom. The molecule has 0 fully saturated rings. The van der Waals surface area contributed by atoms with Gasteiger partial charge in [0, 0.05) is 23.3 Å². The van der Waals surface area contributed by atoms with Crippen molar-refractivity contribution in [3.8, 4) is 0 Å². The van der Waals surface area contributed by atoms with E-state index in [2.05, 4.69) is 64.3 Å². The van der Waals surface area contributed by atoms with Crippen LogP contribution in [0.15, 0.2) is 47.1 Å². The maximum absolute atomic E-state index is 4.39. The van der Waals surface area contributed by atoms with Crippen LogP contribution in [0.4, 0.5) is 0 Å². The van der Waals surface area contributed by atoms with Gasteiger partial charge in [0.15, 0.2) is 0 Å². The van der Waals surface area contributed by atoms with Crippen molar-refractivity contribution >= 4 is 15.9 Å². The maximum Gasteiger partial charge on any atom is 0.0570 e. The first-order chi connectivity index (χ1) is 8.68. The number of aryl methyl sites for hydroxylation is 1. The van der Waals surface area contributed by atoms with E-state index in [0.717, 1.165) is 16.7 Å². The Kier molecular flexibility index (Phi) is 4.50. The summed E-state index contributed by atoms with van der Waals surface area (Å²) in [6.07, 6.45) is 1.84. The lowest BCUT2D eigenvalue weighted by molar-refractivity contribution is 0.564. The Hall–Kier alpha value is -1.19. The fourth-order valence-electron chi connectivity index (χ4n) is 1.89. The minimum Gasteiger partial charge on any atom is -0.305 e. The number of halogens is 1. The lowest BCUT2D eigenvalue weighted by atomic mass is 10.1. The third kappa shape index (κ3) is 3.18. The molecule has 1 heterocycles. The zero-order valence-corrected chi connectivity index (χ0v) is 12.2. The van der Waals surface area contributed by atoms with Crippen molar-refractivity contribution in [1.29, 1.82) is 0 Å². The second-order valence-electron chi connectivity index (χ2n) is 4.39. The standard InChI is InChI=1S/C15H17BrN2/c1-11-6-5-9-17-15(11)10-18-12(2)13-7-3-4-8-14(13)16/h3-9,12,18H,10H2,1-2H3/t12-/m1/s1. The van der Waals surface area contributed by atoms with Crippen LogP contribution in [0.3, 0.4) is 0 Å². The van der Waals surface area contributed by atoms with Crippen LogP contribution < -0.4 is 5.32 Å². The molecule has 3 heteroatoms. The van der Waals surface area contributed by atoms with Crippen LogP contribution in [0.5, 0.6) is 0 Å². The molecule has 0 saturated heterocycles. The predicted molar refractivity (Wildman–Crippen MR) is 78.4 cm³/mol. The zero-order valence-electron chi connectivity index (χ0n) is 10.7. The lowest BCUT2D eigenvalue weighted by Crippen LogP contribution is -2.19. The van der Waals surface area contributed by atoms with Crippen LogP contribution in [0.2, 0.25) is 0 Å². The fourth-order valence-corrected chi connectivity index (χ4v) is 2.52. The summed E-state index contributed by atoms with van der Waals surface area (Å²) in [6, 6.07) is 12.6. The minimum absolute atomic E-state index is 0.294. The van der Waals surface area contributed by atoms with Gasteiger partial charge in [-0.2, -0.15) is 0 Å². The second kappa shape index (κ2) is 6.12. The highest BCUT2D eigenvalue weighted by Crippen LogP contribution is 2.22. The summed E-state index contributed by atoms with van der Waals surface area (Å²) in [5.41, 5.74) is 3.60. The molecule has 2 aromatic rings. The van der Waals surface area contributed by atoms with Gasteiger partial charge in [-0.15, -0.1) is 0 Å². The van der Waals surface area contributed by atoms with Crippen molar-refractivity contribution in [3.05, 3.63) is 63.9 Å². The first kappa shape index (κ1) is 13.2. The normalized spacial score (nSPS) is 12.4. The average Bonchev–Trinajstić information content (AvgIpc) is 2.38. The van der Waals surface area contributed by atoms with Crippen LogP contribution in [0.25, 0.3) is 0 Å². The van der Waals surface area contributed by atoms with Crippen molar-refractivity contribution in [2.45, 2.75) is 26.4 Å². The van der Waals surface area contributed by atoms with Gasteiger partial charge in [-0.1, -0.05) is 40.2 Å². The maximum atomic E-state index is 4.39. The van der Waals surface area contributed by atoms with E-state index in [4.69, 9.17) is 0 Å². The molecule has 1 N–H and O–H groups in total. The summed E-state index contributed by atoms with van der Waals surface area (Å²) in [4.78, 5) is 4.39. The number of aromatic nitrogens is 1. The van der Waals surface area contributed by atoms with Gasteiger partial charge in [0.1, 0.15) is 0 Å². The third-order valence-corrected chi connectivity index (χ3v) is 3.79. The first-order valence-corrected chi connectivity index (χ1v) is 6.86. The van der Waals surface area contributed by atoms with Gasteiger partial charge < -0.3 is 5.32 Å². The predicted octanol–water partition coefficient (Wildman–Crippen LogP) is 4.00. The number of hydrogen-bond donors (Lipinski definition) is 1. The Balaban J connectivity index is 2.03. The zero-order chi connectivity index (χ0) is 13.0. The molecule has 0 spiro atoms. The molecule has 1 atom stereocenters. The quantitative estimate of drug-likeness (QED) is 0.923. The van der Waals surface area contributed by atoms with Crippen molar-refractivity contribution < 1.29 is 0 Å². The third-order valence-electron chi connectivity index (χ3n) is 3.07. The molecule has 18 heavy (non-hydrogen) atoms. The highest BCUT2D eigenvalue weighted by Gasteiger charge is 2.08. The van der Waals surface area contributed by atoms with Gasteiger partial charge in [0.2, 0.25) is 0 Å². The summed E-state index contributed by atoms with van der Waals surface area (Å²) >= 11 is 3.58. The van der Waals surface area contributed by atoms with E-state index >= 15 is 0 Å². The van der Waals surface area contributed by atoms with Crippen LogP contribution in [0, 0.1) is 6.92 Å². The topological polar surface area (TPSA) is 24.9 Å². The van der Waals surface area contributed by atoms with Crippen LogP contribution in [0.1, 0.15) is 29.8 Å². The number of rotatable bonds is 4. The molecule has 0 aliphatic carbocycles. The number of benzene rings is 1. The minimum atomic E-state index is 0.294. The molecule has 0 bridgehead atoms. The van der Waals surface area contributed by atoms with E-state index in [1.807, 2.05) is 18.3 Å². The van der Waals surface area contributed by atoms with E-state index in [1.54, 1.807) is 0 Å². The molecule has 0 amide bonds. The van der Waals surface area contributed by atoms with Gasteiger partial charge in [-0.05, 0) is 37.1 Å². The Labute approximate surface area is 117 Å². The van der Waals surface area contributed by atoms with Crippen LogP contribution >= 0.6 is 15.9 Å². The molecular formula is C15H17BrN2.